The van der Waals surface area contributed by atoms with Crippen molar-refractivity contribution in [3.8, 4) is 5.75 Å². The molecular formula is C25H33NO4. The molecule has 2 atom stereocenters. The zero-order valence-corrected chi connectivity index (χ0v) is 18.0. The van der Waals surface area contributed by atoms with Gasteiger partial charge in [-0.05, 0) is 61.6 Å². The van der Waals surface area contributed by atoms with Gasteiger partial charge in [0.15, 0.2) is 0 Å². The molecule has 5 heteroatoms. The number of nitrogens with zero attached hydrogens (tertiary/aromatic N) is 1. The summed E-state index contributed by atoms with van der Waals surface area (Å²) < 4.78 is 11.4. The monoisotopic (exact) mass is 411 g/mol. The van der Waals surface area contributed by atoms with Gasteiger partial charge in [0.1, 0.15) is 5.75 Å². The molecule has 0 spiro atoms. The fraction of sp³-hybridized carbons (Fsp3) is 0.480. The molecule has 1 aliphatic heterocycles. The zero-order valence-electron chi connectivity index (χ0n) is 18.0. The van der Waals surface area contributed by atoms with E-state index in [4.69, 9.17) is 9.47 Å². The topological polar surface area (TPSA) is 59.0 Å². The predicted molar refractivity (Wildman–Crippen MR) is 118 cm³/mol. The van der Waals surface area contributed by atoms with Crippen LogP contribution < -0.4 is 4.74 Å². The van der Waals surface area contributed by atoms with Crippen LogP contribution in [0.25, 0.3) is 0 Å². The second-order valence-corrected chi connectivity index (χ2v) is 8.06. The van der Waals surface area contributed by atoms with E-state index in [9.17, 15) is 9.90 Å². The number of benzene rings is 2. The van der Waals surface area contributed by atoms with Crippen molar-refractivity contribution in [1.29, 1.82) is 0 Å². The van der Waals surface area contributed by atoms with Gasteiger partial charge in [0.25, 0.3) is 0 Å². The molecule has 162 valence electrons. The predicted octanol–water partition coefficient (Wildman–Crippen LogP) is 4.34. The summed E-state index contributed by atoms with van der Waals surface area (Å²) in [5.74, 6) is 0.190. The zero-order chi connectivity index (χ0) is 21.3. The molecule has 1 saturated heterocycles. The van der Waals surface area contributed by atoms with Crippen LogP contribution in [0.3, 0.4) is 0 Å². The highest BCUT2D eigenvalue weighted by molar-refractivity contribution is 5.70. The number of rotatable bonds is 10. The standard InChI is InChI=1S/C25H33NO4/c1-19-7-3-4-11-23(19)24(20-8-5-10-22(17-20)29-2)12-15-30-16-14-26-13-6-9-21(18-26)25(27)28/h3-5,7-8,10-11,17,21,24H,6,9,12-16,18H2,1-2H3,(H,27,28)/t21-,24?/m1/s1. The van der Waals surface area contributed by atoms with Crippen LogP contribution in [0.5, 0.6) is 5.75 Å². The maximum absolute atomic E-state index is 11.2. The van der Waals surface area contributed by atoms with E-state index >= 15 is 0 Å². The van der Waals surface area contributed by atoms with Crippen LogP contribution in [0.15, 0.2) is 48.5 Å². The van der Waals surface area contributed by atoms with Gasteiger partial charge in [0, 0.05) is 25.6 Å². The molecule has 0 bridgehead atoms. The molecule has 30 heavy (non-hydrogen) atoms. The lowest BCUT2D eigenvalue weighted by Gasteiger charge is -2.30. The summed E-state index contributed by atoms with van der Waals surface area (Å²) in [4.78, 5) is 13.4. The van der Waals surface area contributed by atoms with Crippen molar-refractivity contribution < 1.29 is 19.4 Å². The van der Waals surface area contributed by atoms with Gasteiger partial charge in [-0.1, -0.05) is 36.4 Å². The second kappa shape index (κ2) is 11.1. The molecule has 1 unspecified atom stereocenters. The van der Waals surface area contributed by atoms with E-state index in [0.717, 1.165) is 38.1 Å². The summed E-state index contributed by atoms with van der Waals surface area (Å²) in [6.07, 6.45) is 2.61. The smallest absolute Gasteiger partial charge is 0.307 e. The first-order valence-corrected chi connectivity index (χ1v) is 10.8. The van der Waals surface area contributed by atoms with Crippen LogP contribution in [0.4, 0.5) is 0 Å². The van der Waals surface area contributed by atoms with Gasteiger partial charge in [-0.3, -0.25) is 4.79 Å². The number of carboxylic acids is 1. The van der Waals surface area contributed by atoms with E-state index in [-0.39, 0.29) is 11.8 Å². The van der Waals surface area contributed by atoms with Gasteiger partial charge in [-0.2, -0.15) is 0 Å². The summed E-state index contributed by atoms with van der Waals surface area (Å²) >= 11 is 0. The van der Waals surface area contributed by atoms with Crippen LogP contribution >= 0.6 is 0 Å². The molecule has 1 aliphatic rings. The first kappa shape index (κ1) is 22.3. The number of methoxy groups -OCH3 is 1. The summed E-state index contributed by atoms with van der Waals surface area (Å²) in [6.45, 7) is 5.82. The Balaban J connectivity index is 1.56. The Kier molecular flexibility index (Phi) is 8.29. The van der Waals surface area contributed by atoms with Gasteiger partial charge in [-0.15, -0.1) is 0 Å². The highest BCUT2D eigenvalue weighted by atomic mass is 16.5. The van der Waals surface area contributed by atoms with Crippen molar-refractivity contribution in [1.82, 2.24) is 4.90 Å². The lowest BCUT2D eigenvalue weighted by Crippen LogP contribution is -2.40. The minimum atomic E-state index is -0.681. The number of likely N-dealkylation sites (tertiary alicyclic amines) is 1. The Morgan fingerprint density at radius 3 is 2.80 bits per heavy atom. The largest absolute Gasteiger partial charge is 0.497 e. The number of hydrogen-bond acceptors (Lipinski definition) is 4. The van der Waals surface area contributed by atoms with Gasteiger partial charge in [0.05, 0.1) is 19.6 Å². The van der Waals surface area contributed by atoms with E-state index in [1.54, 1.807) is 7.11 Å². The van der Waals surface area contributed by atoms with Gasteiger partial charge < -0.3 is 19.5 Å². The normalized spacial score (nSPS) is 18.1. The van der Waals surface area contributed by atoms with Crippen LogP contribution in [0, 0.1) is 12.8 Å². The number of aryl methyl sites for hydroxylation is 1. The Morgan fingerprint density at radius 1 is 1.20 bits per heavy atom. The van der Waals surface area contributed by atoms with E-state index in [0.29, 0.717) is 19.8 Å². The Hall–Kier alpha value is -2.37. The quantitative estimate of drug-likeness (QED) is 0.590. The van der Waals surface area contributed by atoms with Gasteiger partial charge in [-0.25, -0.2) is 0 Å². The van der Waals surface area contributed by atoms with Crippen molar-refractivity contribution in [2.24, 2.45) is 5.92 Å². The molecule has 2 aromatic carbocycles. The lowest BCUT2D eigenvalue weighted by molar-refractivity contribution is -0.143. The molecule has 0 saturated carbocycles. The second-order valence-electron chi connectivity index (χ2n) is 8.06. The molecule has 1 heterocycles. The minimum Gasteiger partial charge on any atom is -0.497 e. The molecule has 0 aliphatic carbocycles. The molecule has 5 nitrogen and oxygen atoms in total. The molecule has 0 aromatic heterocycles. The minimum absolute atomic E-state index is 0.239. The SMILES string of the molecule is COc1cccc(C(CCOCCN2CCC[C@@H](C(=O)O)C2)c2ccccc2C)c1. The van der Waals surface area contributed by atoms with E-state index in [1.807, 2.05) is 12.1 Å². The van der Waals surface area contributed by atoms with Gasteiger partial charge >= 0.3 is 5.97 Å². The molecule has 0 amide bonds. The summed E-state index contributed by atoms with van der Waals surface area (Å²) in [6, 6.07) is 16.8. The maximum atomic E-state index is 11.2. The molecule has 1 N–H and O–H groups in total. The average molecular weight is 412 g/mol. The number of aliphatic carboxylic acids is 1. The third kappa shape index (κ3) is 6.07. The van der Waals surface area contributed by atoms with E-state index in [2.05, 4.69) is 48.2 Å². The van der Waals surface area contributed by atoms with Crippen molar-refractivity contribution in [3.63, 3.8) is 0 Å². The lowest BCUT2D eigenvalue weighted by atomic mass is 9.86. The fourth-order valence-corrected chi connectivity index (χ4v) is 4.29. The van der Waals surface area contributed by atoms with Crippen LogP contribution in [-0.4, -0.2) is 55.9 Å². The average Bonchev–Trinajstić information content (AvgIpc) is 2.77. The number of hydrogen-bond donors (Lipinski definition) is 1. The third-order valence-corrected chi connectivity index (χ3v) is 6.02. The van der Waals surface area contributed by atoms with Crippen LogP contribution in [0.1, 0.15) is 41.9 Å². The third-order valence-electron chi connectivity index (χ3n) is 6.02. The summed E-state index contributed by atoms with van der Waals surface area (Å²) in [7, 11) is 1.69. The fourth-order valence-electron chi connectivity index (χ4n) is 4.29. The first-order valence-electron chi connectivity index (χ1n) is 10.8. The maximum Gasteiger partial charge on any atom is 0.307 e. The highest BCUT2D eigenvalue weighted by Crippen LogP contribution is 2.32. The van der Waals surface area contributed by atoms with Gasteiger partial charge in [0.2, 0.25) is 0 Å². The summed E-state index contributed by atoms with van der Waals surface area (Å²) in [5.41, 5.74) is 3.82. The Morgan fingerprint density at radius 2 is 2.03 bits per heavy atom. The first-order chi connectivity index (χ1) is 14.6. The number of piperidine rings is 1. The number of carboxylic acid groups (broad SMARTS) is 1. The van der Waals surface area contributed by atoms with E-state index in [1.165, 1.54) is 16.7 Å². The van der Waals surface area contributed by atoms with Crippen LogP contribution in [-0.2, 0) is 9.53 Å². The van der Waals surface area contributed by atoms with Crippen molar-refractivity contribution in [3.05, 3.63) is 65.2 Å². The highest BCUT2D eigenvalue weighted by Gasteiger charge is 2.25. The Labute approximate surface area is 179 Å². The number of ether oxygens (including phenoxy) is 2. The molecule has 0 radical (unpaired) electrons. The molecule has 3 rings (SSSR count). The van der Waals surface area contributed by atoms with Crippen molar-refractivity contribution >= 4 is 5.97 Å². The molecule has 1 fully saturated rings. The van der Waals surface area contributed by atoms with Crippen molar-refractivity contribution in [2.75, 3.05) is 40.0 Å². The molecular weight excluding hydrogens is 378 g/mol. The number of carbonyl (C=O) groups is 1. The molecule has 2 aromatic rings. The summed E-state index contributed by atoms with van der Waals surface area (Å²) in [5, 5.41) is 9.24. The van der Waals surface area contributed by atoms with E-state index < -0.39 is 5.97 Å². The Bertz CT molecular complexity index is 822. The van der Waals surface area contributed by atoms with Crippen LogP contribution in [0.2, 0.25) is 0 Å². The van der Waals surface area contributed by atoms with Crippen molar-refractivity contribution in [2.45, 2.75) is 32.1 Å².